The molecular formula is C25H26FN5O4. The number of carboxylic acid groups (broad SMARTS) is 1. The predicted octanol–water partition coefficient (Wildman–Crippen LogP) is 4.68. The van der Waals surface area contributed by atoms with Gasteiger partial charge in [0.2, 0.25) is 0 Å². The first-order chi connectivity index (χ1) is 16.9. The van der Waals surface area contributed by atoms with Gasteiger partial charge in [-0.1, -0.05) is 17.2 Å². The number of amides is 1. The molecule has 1 saturated carbocycles. The molecule has 0 unspecified atom stereocenters. The molecule has 0 radical (unpaired) electrons. The molecule has 1 aromatic heterocycles. The van der Waals surface area contributed by atoms with Crippen LogP contribution in [-0.2, 0) is 4.79 Å². The molecule has 1 saturated heterocycles. The van der Waals surface area contributed by atoms with Crippen LogP contribution in [0.3, 0.4) is 0 Å². The van der Waals surface area contributed by atoms with E-state index in [0.717, 1.165) is 44.5 Å². The standard InChI is InChI=1S/C25H26FN5O4/c26-19-3-1-2-4-20(19)28-24-30-29-23(35-24)22(34)27-17-5-7-18(8-6-17)31-11-9-25(10-12-31)14-16(15-25)13-21(32)33/h1-8,16H,9-15H2,(H,27,34)(H,28,30)(H,32,33). The maximum atomic E-state index is 13.8. The number of piperidine rings is 1. The lowest BCUT2D eigenvalue weighted by Crippen LogP contribution is -2.47. The van der Waals surface area contributed by atoms with Crippen molar-refractivity contribution in [2.45, 2.75) is 32.1 Å². The van der Waals surface area contributed by atoms with Crippen molar-refractivity contribution in [3.8, 4) is 0 Å². The van der Waals surface area contributed by atoms with Crippen LogP contribution in [-0.4, -0.2) is 40.3 Å². The fourth-order valence-electron chi connectivity index (χ4n) is 5.19. The van der Waals surface area contributed by atoms with Crippen LogP contribution in [0.15, 0.2) is 52.9 Å². The SMILES string of the molecule is O=C(O)CC1CC2(CCN(c3ccc(NC(=O)c4nnc(Nc5ccccc5F)o4)cc3)CC2)C1. The van der Waals surface area contributed by atoms with Crippen LogP contribution in [0.1, 0.15) is 42.8 Å². The third-order valence-corrected chi connectivity index (χ3v) is 6.96. The van der Waals surface area contributed by atoms with Crippen LogP contribution in [0.5, 0.6) is 0 Å². The number of nitrogens with zero attached hydrogens (tertiary/aromatic N) is 3. The molecule has 5 rings (SSSR count). The van der Waals surface area contributed by atoms with E-state index in [1.54, 1.807) is 12.1 Å². The van der Waals surface area contributed by atoms with Crippen molar-refractivity contribution < 1.29 is 23.5 Å². The van der Waals surface area contributed by atoms with Crippen molar-refractivity contribution in [1.82, 2.24) is 10.2 Å². The molecule has 0 bridgehead atoms. The summed E-state index contributed by atoms with van der Waals surface area (Å²) >= 11 is 0. The Bertz CT molecular complexity index is 1210. The quantitative estimate of drug-likeness (QED) is 0.447. The first-order valence-corrected chi connectivity index (χ1v) is 11.6. The molecule has 1 amide bonds. The third-order valence-electron chi connectivity index (χ3n) is 6.96. The van der Waals surface area contributed by atoms with Gasteiger partial charge in [0.15, 0.2) is 0 Å². The summed E-state index contributed by atoms with van der Waals surface area (Å²) in [6.45, 7) is 1.87. The second-order valence-corrected chi connectivity index (χ2v) is 9.38. The summed E-state index contributed by atoms with van der Waals surface area (Å²) < 4.78 is 19.1. The van der Waals surface area contributed by atoms with E-state index in [1.807, 2.05) is 24.3 Å². The number of carbonyl (C=O) groups excluding carboxylic acids is 1. The predicted molar refractivity (Wildman–Crippen MR) is 127 cm³/mol. The van der Waals surface area contributed by atoms with E-state index in [9.17, 15) is 14.0 Å². The zero-order chi connectivity index (χ0) is 24.4. The highest BCUT2D eigenvalue weighted by atomic mass is 19.1. The Morgan fingerprint density at radius 1 is 1.09 bits per heavy atom. The van der Waals surface area contributed by atoms with Crippen molar-refractivity contribution in [2.24, 2.45) is 11.3 Å². The molecule has 3 N–H and O–H groups in total. The number of anilines is 4. The van der Waals surface area contributed by atoms with Crippen LogP contribution in [0, 0.1) is 17.2 Å². The highest BCUT2D eigenvalue weighted by molar-refractivity contribution is 6.01. The fourth-order valence-corrected chi connectivity index (χ4v) is 5.19. The van der Waals surface area contributed by atoms with Gasteiger partial charge in [-0.3, -0.25) is 9.59 Å². The Morgan fingerprint density at radius 3 is 2.49 bits per heavy atom. The molecular weight excluding hydrogens is 453 g/mol. The molecule has 2 fully saturated rings. The number of hydrogen-bond acceptors (Lipinski definition) is 7. The summed E-state index contributed by atoms with van der Waals surface area (Å²) in [5.41, 5.74) is 2.15. The van der Waals surface area contributed by atoms with Gasteiger partial charge in [-0.15, -0.1) is 5.10 Å². The summed E-state index contributed by atoms with van der Waals surface area (Å²) in [6, 6.07) is 13.5. The van der Waals surface area contributed by atoms with Gasteiger partial charge in [0.25, 0.3) is 0 Å². The average molecular weight is 480 g/mol. The van der Waals surface area contributed by atoms with E-state index in [1.165, 1.54) is 12.1 Å². The first-order valence-electron chi connectivity index (χ1n) is 11.6. The minimum Gasteiger partial charge on any atom is -0.481 e. The Labute approximate surface area is 201 Å². The summed E-state index contributed by atoms with van der Waals surface area (Å²) in [6.07, 6.45) is 4.46. The van der Waals surface area contributed by atoms with Crippen LogP contribution in [0.2, 0.25) is 0 Å². The number of para-hydroxylation sites is 1. The normalized spacial score (nSPS) is 17.1. The number of halogens is 1. The summed E-state index contributed by atoms with van der Waals surface area (Å²) in [5, 5.41) is 21.8. The lowest BCUT2D eigenvalue weighted by molar-refractivity contribution is -0.140. The van der Waals surface area contributed by atoms with E-state index in [-0.39, 0.29) is 24.0 Å². The second-order valence-electron chi connectivity index (χ2n) is 9.38. The molecule has 1 aliphatic heterocycles. The van der Waals surface area contributed by atoms with Crippen LogP contribution < -0.4 is 15.5 Å². The van der Waals surface area contributed by atoms with Crippen LogP contribution in [0.4, 0.5) is 27.5 Å². The van der Waals surface area contributed by atoms with E-state index in [0.29, 0.717) is 17.0 Å². The minimum atomic E-state index is -0.701. The zero-order valence-corrected chi connectivity index (χ0v) is 19.0. The van der Waals surface area contributed by atoms with E-state index in [4.69, 9.17) is 9.52 Å². The van der Waals surface area contributed by atoms with E-state index >= 15 is 0 Å². The minimum absolute atomic E-state index is 0.0841. The number of carboxylic acids is 1. The highest BCUT2D eigenvalue weighted by Gasteiger charge is 2.46. The molecule has 2 aromatic carbocycles. The summed E-state index contributed by atoms with van der Waals surface area (Å²) in [7, 11) is 0. The van der Waals surface area contributed by atoms with E-state index in [2.05, 4.69) is 25.7 Å². The molecule has 10 heteroatoms. The largest absolute Gasteiger partial charge is 0.481 e. The van der Waals surface area contributed by atoms with Gasteiger partial charge in [-0.05, 0) is 73.4 Å². The van der Waals surface area contributed by atoms with Crippen molar-refractivity contribution in [2.75, 3.05) is 28.6 Å². The van der Waals surface area contributed by atoms with Gasteiger partial charge in [0.05, 0.1) is 5.69 Å². The maximum Gasteiger partial charge on any atom is 0.320 e. The molecule has 2 heterocycles. The van der Waals surface area contributed by atoms with Crippen LogP contribution in [0.25, 0.3) is 0 Å². The fraction of sp³-hybridized carbons (Fsp3) is 0.360. The smallest absolute Gasteiger partial charge is 0.320 e. The molecule has 3 aromatic rings. The highest BCUT2D eigenvalue weighted by Crippen LogP contribution is 2.54. The number of hydrogen-bond donors (Lipinski definition) is 3. The molecule has 9 nitrogen and oxygen atoms in total. The van der Waals surface area contributed by atoms with Gasteiger partial charge in [-0.25, -0.2) is 4.39 Å². The number of aromatic nitrogens is 2. The lowest BCUT2D eigenvalue weighted by Gasteiger charge is -2.52. The van der Waals surface area contributed by atoms with Gasteiger partial charge in [0, 0.05) is 30.9 Å². The van der Waals surface area contributed by atoms with Gasteiger partial charge < -0.3 is 25.1 Å². The van der Waals surface area contributed by atoms with Crippen LogP contribution >= 0.6 is 0 Å². The molecule has 1 aliphatic carbocycles. The Morgan fingerprint density at radius 2 is 1.80 bits per heavy atom. The van der Waals surface area contributed by atoms with Crippen molar-refractivity contribution in [3.05, 3.63) is 60.2 Å². The Balaban J connectivity index is 1.13. The number of carbonyl (C=O) groups is 2. The molecule has 35 heavy (non-hydrogen) atoms. The monoisotopic (exact) mass is 479 g/mol. The zero-order valence-electron chi connectivity index (χ0n) is 19.0. The molecule has 1 spiro atoms. The first kappa shape index (κ1) is 22.8. The van der Waals surface area contributed by atoms with Crippen molar-refractivity contribution >= 4 is 35.0 Å². The second kappa shape index (κ2) is 9.36. The Hall–Kier alpha value is -3.95. The Kier molecular flexibility index (Phi) is 6.10. The number of aliphatic carboxylic acids is 1. The molecule has 2 aliphatic rings. The van der Waals surface area contributed by atoms with Gasteiger partial charge in [-0.2, -0.15) is 0 Å². The van der Waals surface area contributed by atoms with Gasteiger partial charge >= 0.3 is 23.8 Å². The summed E-state index contributed by atoms with van der Waals surface area (Å²) in [4.78, 5) is 25.7. The maximum absolute atomic E-state index is 13.8. The topological polar surface area (TPSA) is 121 Å². The number of rotatable bonds is 7. The lowest BCUT2D eigenvalue weighted by atomic mass is 9.57. The van der Waals surface area contributed by atoms with Gasteiger partial charge in [0.1, 0.15) is 5.82 Å². The summed E-state index contributed by atoms with van der Waals surface area (Å²) in [5.74, 6) is -1.65. The van der Waals surface area contributed by atoms with Crippen molar-refractivity contribution in [1.29, 1.82) is 0 Å². The van der Waals surface area contributed by atoms with Crippen molar-refractivity contribution in [3.63, 3.8) is 0 Å². The number of benzene rings is 2. The average Bonchev–Trinajstić information content (AvgIpc) is 3.29. The third kappa shape index (κ3) is 5.11. The molecule has 182 valence electrons. The molecule has 0 atom stereocenters. The number of nitrogens with one attached hydrogen (secondary N) is 2. The van der Waals surface area contributed by atoms with E-state index < -0.39 is 17.7 Å².